The summed E-state index contributed by atoms with van der Waals surface area (Å²) < 4.78 is 57.7. The van der Waals surface area contributed by atoms with Gasteiger partial charge in [-0.05, 0) is 136 Å². The van der Waals surface area contributed by atoms with Gasteiger partial charge in [-0.1, -0.05) is 65.7 Å². The number of nitrogens with zero attached hydrogens (tertiary/aromatic N) is 4. The van der Waals surface area contributed by atoms with Gasteiger partial charge in [0, 0.05) is 55.0 Å². The van der Waals surface area contributed by atoms with Crippen molar-refractivity contribution in [1.82, 2.24) is 35.3 Å². The highest BCUT2D eigenvalue weighted by molar-refractivity contribution is 6.31. The minimum Gasteiger partial charge on any atom is -0.457 e. The van der Waals surface area contributed by atoms with Crippen LogP contribution in [0.15, 0.2) is 97.2 Å². The molecule has 0 bridgehead atoms. The van der Waals surface area contributed by atoms with Crippen LogP contribution in [0, 0.1) is 5.92 Å². The molecule has 0 radical (unpaired) electrons. The summed E-state index contributed by atoms with van der Waals surface area (Å²) in [4.78, 5) is 76.7. The lowest BCUT2D eigenvalue weighted by atomic mass is 9.80. The number of carbonyl (C=O) groups is 5. The number of imidazole rings is 1. The van der Waals surface area contributed by atoms with Crippen molar-refractivity contribution in [3.63, 3.8) is 0 Å². The second kappa shape index (κ2) is 24.8. The maximum Gasteiger partial charge on any atom is 0.491 e. The third-order valence-electron chi connectivity index (χ3n) is 14.6. The van der Waals surface area contributed by atoms with Gasteiger partial charge in [-0.3, -0.25) is 24.1 Å². The number of hydrogen-bond acceptors (Lipinski definition) is 11. The molecule has 2 aliphatic heterocycles. The molecule has 5 aromatic rings. The zero-order valence-electron chi connectivity index (χ0n) is 42.6. The normalized spacial score (nSPS) is 18.8. The molecule has 4 aromatic carbocycles. The topological polar surface area (TPSA) is 173 Å². The van der Waals surface area contributed by atoms with Crippen molar-refractivity contribution in [3.8, 4) is 22.8 Å². The van der Waals surface area contributed by atoms with E-state index in [0.717, 1.165) is 53.4 Å². The van der Waals surface area contributed by atoms with Crippen LogP contribution in [-0.4, -0.2) is 113 Å². The first-order chi connectivity index (χ1) is 36.4. The molecule has 76 heavy (non-hydrogen) atoms. The molecule has 2 fully saturated rings. The number of aryl methyl sites for hydroxylation is 1. The first-order valence-corrected chi connectivity index (χ1v) is 26.2. The van der Waals surface area contributed by atoms with E-state index >= 15 is 0 Å². The second-order valence-corrected chi connectivity index (χ2v) is 20.8. The Morgan fingerprint density at radius 3 is 2.34 bits per heavy atom. The van der Waals surface area contributed by atoms with Gasteiger partial charge in [-0.25, -0.2) is 9.78 Å². The molecule has 3 aliphatic rings. The molecule has 0 unspecified atom stereocenters. The highest BCUT2D eigenvalue weighted by atomic mass is 35.5. The van der Waals surface area contributed by atoms with Crippen molar-refractivity contribution in [2.24, 2.45) is 13.0 Å². The molecule has 1 aliphatic carbocycles. The number of rotatable bonds is 20. The summed E-state index contributed by atoms with van der Waals surface area (Å²) >= 11 is 12.7. The maximum atomic E-state index is 14.8. The van der Waals surface area contributed by atoms with Crippen LogP contribution in [0.4, 0.5) is 13.2 Å². The van der Waals surface area contributed by atoms with E-state index in [-0.39, 0.29) is 32.7 Å². The quantitative estimate of drug-likeness (QED) is 0.0504. The number of carbonyl (C=O) groups excluding carboxylic acids is 5. The number of fused-ring (bicyclic) bond motifs is 1. The third kappa shape index (κ3) is 14.0. The fourth-order valence-electron chi connectivity index (χ4n) is 10.6. The highest BCUT2D eigenvalue weighted by Gasteiger charge is 2.46. The number of nitrogens with one attached hydrogen (secondary N) is 3. The van der Waals surface area contributed by atoms with Crippen molar-refractivity contribution >= 4 is 52.9 Å². The van der Waals surface area contributed by atoms with Crippen molar-refractivity contribution in [1.29, 1.82) is 0 Å². The van der Waals surface area contributed by atoms with Crippen molar-refractivity contribution in [3.05, 3.63) is 135 Å². The van der Waals surface area contributed by atoms with Gasteiger partial charge in [-0.2, -0.15) is 13.2 Å². The SMILES string of the molecule is COC[C@H](NC(=O)[C@H](C)NCc1ccc(Cl)cc1Oc1ccc(-c2cnc(CN3CCCC3)n2C)cc1)C(=O)N[C@@]1(Cc2ccc(Cl)cc2)CCCN(C(=O)[C@@H](CC(=O)OC(=O)C(F)(F)F)[C@H]2CCc3ccccc32)C1. The smallest absolute Gasteiger partial charge is 0.457 e. The van der Waals surface area contributed by atoms with Crippen LogP contribution in [0.2, 0.25) is 10.0 Å². The maximum absolute atomic E-state index is 14.8. The minimum atomic E-state index is -5.42. The number of hydrogen-bond donors (Lipinski definition) is 3. The van der Waals surface area contributed by atoms with E-state index < -0.39 is 71.7 Å². The van der Waals surface area contributed by atoms with Crippen LogP contribution in [0.3, 0.4) is 0 Å². The van der Waals surface area contributed by atoms with Crippen molar-refractivity contribution < 1.29 is 51.4 Å². The number of aromatic nitrogens is 2. The van der Waals surface area contributed by atoms with Crippen LogP contribution < -0.4 is 20.7 Å². The zero-order valence-corrected chi connectivity index (χ0v) is 44.1. The second-order valence-electron chi connectivity index (χ2n) is 19.9. The fraction of sp³-hybridized carbons (Fsp3) is 0.429. The lowest BCUT2D eigenvalue weighted by molar-refractivity contribution is -0.202. The van der Waals surface area contributed by atoms with Gasteiger partial charge in [0.1, 0.15) is 23.4 Å². The average Bonchev–Trinajstić information content (AvgIpc) is 4.17. The van der Waals surface area contributed by atoms with Gasteiger partial charge in [0.2, 0.25) is 17.7 Å². The predicted molar refractivity (Wildman–Crippen MR) is 279 cm³/mol. The summed E-state index contributed by atoms with van der Waals surface area (Å²) in [5.74, 6) is -5.47. The van der Waals surface area contributed by atoms with Crippen LogP contribution in [-0.2, 0) is 66.4 Å². The molecule has 8 rings (SSSR count). The van der Waals surface area contributed by atoms with E-state index in [4.69, 9.17) is 37.7 Å². The molecule has 2 saturated heterocycles. The van der Waals surface area contributed by atoms with E-state index in [2.05, 4.69) is 30.2 Å². The molecule has 5 atom stereocenters. The van der Waals surface area contributed by atoms with Crippen LogP contribution >= 0.6 is 23.2 Å². The largest absolute Gasteiger partial charge is 0.491 e. The number of ether oxygens (including phenoxy) is 3. The number of alkyl halides is 3. The number of halogens is 5. The van der Waals surface area contributed by atoms with E-state index in [1.54, 1.807) is 55.5 Å². The Balaban J connectivity index is 0.942. The Morgan fingerprint density at radius 1 is 0.895 bits per heavy atom. The Bertz CT molecular complexity index is 2880. The van der Waals surface area contributed by atoms with Crippen molar-refractivity contribution in [2.75, 3.05) is 39.9 Å². The molecular formula is C56H62Cl2F3N7O8. The predicted octanol–water partition coefficient (Wildman–Crippen LogP) is 8.48. The van der Waals surface area contributed by atoms with Gasteiger partial charge in [0.15, 0.2) is 0 Å². The van der Waals surface area contributed by atoms with Crippen molar-refractivity contribution in [2.45, 2.75) is 101 Å². The fourth-order valence-corrected chi connectivity index (χ4v) is 10.9. The summed E-state index contributed by atoms with van der Waals surface area (Å²) in [5.41, 5.74) is 4.03. The molecule has 0 spiro atoms. The number of esters is 2. The van der Waals surface area contributed by atoms with E-state index in [1.165, 1.54) is 24.9 Å². The Hall–Kier alpha value is -6.31. The molecular weight excluding hydrogens is 1030 g/mol. The van der Waals surface area contributed by atoms with E-state index in [1.807, 2.05) is 55.7 Å². The summed E-state index contributed by atoms with van der Waals surface area (Å²) in [7, 11) is 3.42. The number of amides is 3. The van der Waals surface area contributed by atoms with Gasteiger partial charge in [0.25, 0.3) is 0 Å². The molecule has 3 N–H and O–H groups in total. The third-order valence-corrected chi connectivity index (χ3v) is 15.0. The molecule has 404 valence electrons. The molecule has 1 aromatic heterocycles. The summed E-state index contributed by atoms with van der Waals surface area (Å²) in [5, 5.41) is 10.2. The average molecular weight is 1090 g/mol. The van der Waals surface area contributed by atoms with Crippen LogP contribution in [0.5, 0.6) is 11.5 Å². The molecule has 15 nitrogen and oxygen atoms in total. The standard InChI is InChI=1S/C56H62Cl2F3N7O8/c1-35(62-30-39-13-19-41(58)27-48(39)75-42-20-14-38(15-21-42)47-31-63-49(66(47)2)32-67-24-6-7-25-67)51(70)64-46(33-74-3)52(71)65-55(29-36-11-17-40(57)18-12-36)23-8-26-68(34-55)53(72)45(28-50(69)76-54(73)56(59,60)61)44-22-16-37-9-4-5-10-43(37)44/h4-5,9-15,17-21,27,31,35,44-46,62H,6-8,16,22-26,28-30,32-34H2,1-3H3,(H,64,70)(H,65,71)/t35-,44-,45-,46-,55+/m0/s1. The number of likely N-dealkylation sites (tertiary alicyclic amines) is 2. The van der Waals surface area contributed by atoms with Gasteiger partial charge < -0.3 is 39.6 Å². The van der Waals surface area contributed by atoms with Gasteiger partial charge >= 0.3 is 18.1 Å². The molecule has 3 amide bonds. The summed E-state index contributed by atoms with van der Waals surface area (Å²) in [6.07, 6.45) is 0.0889. The number of piperidine rings is 1. The van der Waals surface area contributed by atoms with E-state index in [9.17, 15) is 37.1 Å². The lowest BCUT2D eigenvalue weighted by Gasteiger charge is -2.45. The lowest BCUT2D eigenvalue weighted by Crippen LogP contribution is -2.65. The molecule has 3 heterocycles. The first-order valence-electron chi connectivity index (χ1n) is 25.5. The van der Waals surface area contributed by atoms with Crippen LogP contribution in [0.1, 0.15) is 79.4 Å². The van der Waals surface area contributed by atoms with Gasteiger partial charge in [0.05, 0.1) is 49.0 Å². The Kier molecular flexibility index (Phi) is 18.2. The minimum absolute atomic E-state index is 0.0625. The monoisotopic (exact) mass is 1090 g/mol. The zero-order chi connectivity index (χ0) is 54.1. The Labute approximate surface area is 449 Å². The first kappa shape index (κ1) is 55.9. The molecule has 0 saturated carbocycles. The van der Waals surface area contributed by atoms with Crippen LogP contribution in [0.25, 0.3) is 11.3 Å². The highest BCUT2D eigenvalue weighted by Crippen LogP contribution is 2.42. The summed E-state index contributed by atoms with van der Waals surface area (Å²) in [6.45, 7) is 4.75. The molecule has 20 heteroatoms. The van der Waals surface area contributed by atoms with Gasteiger partial charge in [-0.15, -0.1) is 0 Å². The van der Waals surface area contributed by atoms with E-state index in [0.29, 0.717) is 52.8 Å². The summed E-state index contributed by atoms with van der Waals surface area (Å²) in [6, 6.07) is 25.2. The number of methoxy groups -OCH3 is 1. The number of benzene rings is 4. The Morgan fingerprint density at radius 2 is 1.62 bits per heavy atom.